The van der Waals surface area contributed by atoms with Crippen LogP contribution in [0.4, 0.5) is 13.6 Å². The largest absolute Gasteiger partial charge is 0.444 e. The van der Waals surface area contributed by atoms with E-state index in [0.29, 0.717) is 13.0 Å². The lowest BCUT2D eigenvalue weighted by atomic mass is 9.92. The van der Waals surface area contributed by atoms with Gasteiger partial charge in [-0.2, -0.15) is 14.0 Å². The minimum Gasteiger partial charge on any atom is -0.444 e. The molecule has 4 nitrogen and oxygen atoms in total. The van der Waals surface area contributed by atoms with E-state index in [2.05, 4.69) is 0 Å². The van der Waals surface area contributed by atoms with Crippen LogP contribution in [0.1, 0.15) is 33.6 Å². The van der Waals surface area contributed by atoms with Gasteiger partial charge in [0.1, 0.15) is 11.7 Å². The Morgan fingerprint density at radius 3 is 2.56 bits per heavy atom. The fourth-order valence-electron chi connectivity index (χ4n) is 1.86. The molecule has 0 saturated carbocycles. The van der Waals surface area contributed by atoms with Gasteiger partial charge in [0, 0.05) is 13.1 Å². The van der Waals surface area contributed by atoms with Crippen molar-refractivity contribution in [1.82, 2.24) is 4.90 Å². The van der Waals surface area contributed by atoms with E-state index in [4.69, 9.17) is 10.00 Å². The summed E-state index contributed by atoms with van der Waals surface area (Å²) < 4.78 is 31.7. The number of hydrogen-bond donors (Lipinski definition) is 0. The summed E-state index contributed by atoms with van der Waals surface area (Å²) in [6.45, 7) is 5.42. The van der Waals surface area contributed by atoms with Crippen molar-refractivity contribution >= 4 is 6.09 Å². The van der Waals surface area contributed by atoms with Crippen molar-refractivity contribution in [3.63, 3.8) is 0 Å². The van der Waals surface area contributed by atoms with Crippen LogP contribution in [0.25, 0.3) is 0 Å². The Morgan fingerprint density at radius 2 is 2.06 bits per heavy atom. The summed E-state index contributed by atoms with van der Waals surface area (Å²) >= 11 is 0. The van der Waals surface area contributed by atoms with Crippen LogP contribution in [0.2, 0.25) is 0 Å². The number of nitrogens with zero attached hydrogens (tertiary/aromatic N) is 2. The first-order chi connectivity index (χ1) is 8.15. The van der Waals surface area contributed by atoms with Gasteiger partial charge in [0.25, 0.3) is 0 Å². The predicted octanol–water partition coefficient (Wildman–Crippen LogP) is 2.79. The van der Waals surface area contributed by atoms with Crippen LogP contribution in [-0.4, -0.2) is 35.6 Å². The van der Waals surface area contributed by atoms with Gasteiger partial charge in [0.2, 0.25) is 0 Å². The van der Waals surface area contributed by atoms with E-state index < -0.39 is 23.5 Å². The summed E-state index contributed by atoms with van der Waals surface area (Å²) in [5.74, 6) is -4.50. The number of piperidine rings is 1. The smallest absolute Gasteiger partial charge is 0.410 e. The van der Waals surface area contributed by atoms with Gasteiger partial charge in [0.15, 0.2) is 0 Å². The molecule has 1 saturated heterocycles. The van der Waals surface area contributed by atoms with E-state index >= 15 is 0 Å². The second-order valence-corrected chi connectivity index (χ2v) is 5.50. The van der Waals surface area contributed by atoms with E-state index in [1.807, 2.05) is 0 Å². The third kappa shape index (κ3) is 3.83. The molecule has 1 atom stereocenters. The van der Waals surface area contributed by atoms with Crippen LogP contribution in [0.15, 0.2) is 0 Å². The number of carbonyl (C=O) groups is 1. The fraction of sp³-hybridized carbons (Fsp3) is 0.833. The molecule has 1 heterocycles. The second-order valence-electron chi connectivity index (χ2n) is 5.50. The Kier molecular flexibility index (Phi) is 4.15. The summed E-state index contributed by atoms with van der Waals surface area (Å²) in [5, 5.41) is 8.42. The zero-order valence-corrected chi connectivity index (χ0v) is 10.9. The average Bonchev–Trinajstić information content (AvgIpc) is 2.27. The third-order valence-electron chi connectivity index (χ3n) is 2.73. The maximum Gasteiger partial charge on any atom is 0.410 e. The zero-order valence-electron chi connectivity index (χ0n) is 10.9. The molecule has 1 aliphatic rings. The number of ether oxygens (including phenoxy) is 1. The maximum absolute atomic E-state index is 13.3. The van der Waals surface area contributed by atoms with Crippen LogP contribution in [-0.2, 0) is 4.74 Å². The first kappa shape index (κ1) is 14.7. The van der Waals surface area contributed by atoms with Gasteiger partial charge in [-0.05, 0) is 33.6 Å². The van der Waals surface area contributed by atoms with Gasteiger partial charge in [0.05, 0.1) is 5.92 Å². The molecule has 102 valence electrons. The molecule has 0 N–H and O–H groups in total. The topological polar surface area (TPSA) is 53.3 Å². The highest BCUT2D eigenvalue weighted by Crippen LogP contribution is 2.31. The molecule has 1 rings (SSSR count). The molecule has 0 spiro atoms. The Hall–Kier alpha value is -1.38. The number of alkyl halides is 2. The molecule has 1 aliphatic heterocycles. The van der Waals surface area contributed by atoms with Crippen molar-refractivity contribution in [2.75, 3.05) is 13.1 Å². The number of likely N-dealkylation sites (tertiary alicyclic amines) is 1. The van der Waals surface area contributed by atoms with Crippen molar-refractivity contribution in [3.8, 4) is 6.07 Å². The summed E-state index contributed by atoms with van der Waals surface area (Å²) in [7, 11) is 0. The van der Waals surface area contributed by atoms with Gasteiger partial charge in [-0.1, -0.05) is 0 Å². The van der Waals surface area contributed by atoms with Crippen molar-refractivity contribution < 1.29 is 18.3 Å². The molecule has 18 heavy (non-hydrogen) atoms. The SMILES string of the molecule is CC(C)(C)OC(=O)N1CCCC(C(F)(F)C#N)C1. The van der Waals surface area contributed by atoms with Crippen molar-refractivity contribution in [3.05, 3.63) is 0 Å². The van der Waals surface area contributed by atoms with E-state index in [1.165, 1.54) is 4.90 Å². The minimum atomic E-state index is -3.39. The van der Waals surface area contributed by atoms with Gasteiger partial charge in [-0.25, -0.2) is 4.79 Å². The monoisotopic (exact) mass is 260 g/mol. The zero-order chi connectivity index (χ0) is 14.0. The predicted molar refractivity (Wildman–Crippen MR) is 61.1 cm³/mol. The number of rotatable bonds is 1. The molecule has 1 unspecified atom stereocenters. The Labute approximate surface area is 106 Å². The molecular weight excluding hydrogens is 242 g/mol. The number of nitriles is 1. The van der Waals surface area contributed by atoms with Crippen LogP contribution >= 0.6 is 0 Å². The van der Waals surface area contributed by atoms with Crippen LogP contribution in [0.5, 0.6) is 0 Å². The molecule has 0 aromatic carbocycles. The summed E-state index contributed by atoms with van der Waals surface area (Å²) in [6.07, 6.45) is 0.113. The molecule has 6 heteroatoms. The quantitative estimate of drug-likeness (QED) is 0.728. The standard InChI is InChI=1S/C12H18F2N2O2/c1-11(2,3)18-10(17)16-6-4-5-9(7-16)12(13,14)8-15/h9H,4-7H2,1-3H3. The lowest BCUT2D eigenvalue weighted by molar-refractivity contribution is -0.0404. The molecule has 0 aromatic rings. The Bertz CT molecular complexity index is 358. The molecule has 0 radical (unpaired) electrons. The molecule has 1 amide bonds. The lowest BCUT2D eigenvalue weighted by Crippen LogP contribution is -2.47. The number of amides is 1. The first-order valence-corrected chi connectivity index (χ1v) is 5.93. The van der Waals surface area contributed by atoms with E-state index in [0.717, 1.165) is 6.07 Å². The summed E-state index contributed by atoms with van der Waals surface area (Å²) in [6, 6.07) is 1.01. The van der Waals surface area contributed by atoms with Crippen molar-refractivity contribution in [1.29, 1.82) is 5.26 Å². The molecule has 0 aliphatic carbocycles. The lowest BCUT2D eigenvalue weighted by Gasteiger charge is -2.35. The Morgan fingerprint density at radius 1 is 1.44 bits per heavy atom. The minimum absolute atomic E-state index is 0.129. The highest BCUT2D eigenvalue weighted by molar-refractivity contribution is 5.68. The molecule has 1 fully saturated rings. The first-order valence-electron chi connectivity index (χ1n) is 5.93. The highest BCUT2D eigenvalue weighted by Gasteiger charge is 2.43. The van der Waals surface area contributed by atoms with E-state index in [9.17, 15) is 13.6 Å². The van der Waals surface area contributed by atoms with Crippen LogP contribution in [0.3, 0.4) is 0 Å². The second kappa shape index (κ2) is 5.09. The molecule has 0 bridgehead atoms. The highest BCUT2D eigenvalue weighted by atomic mass is 19.3. The van der Waals surface area contributed by atoms with E-state index in [-0.39, 0.29) is 13.0 Å². The maximum atomic E-state index is 13.3. The number of halogens is 2. The van der Waals surface area contributed by atoms with Gasteiger partial charge >= 0.3 is 12.0 Å². The number of hydrogen-bond acceptors (Lipinski definition) is 3. The van der Waals surface area contributed by atoms with Gasteiger partial charge in [-0.3, -0.25) is 0 Å². The average molecular weight is 260 g/mol. The molecule has 0 aromatic heterocycles. The van der Waals surface area contributed by atoms with Gasteiger partial charge < -0.3 is 9.64 Å². The van der Waals surface area contributed by atoms with Crippen LogP contribution < -0.4 is 0 Å². The number of carbonyl (C=O) groups excluding carboxylic acids is 1. The Balaban J connectivity index is 2.65. The normalized spacial score (nSPS) is 21.3. The van der Waals surface area contributed by atoms with Gasteiger partial charge in [-0.15, -0.1) is 0 Å². The van der Waals surface area contributed by atoms with Crippen LogP contribution in [0, 0.1) is 17.2 Å². The fourth-order valence-corrected chi connectivity index (χ4v) is 1.86. The third-order valence-corrected chi connectivity index (χ3v) is 2.73. The van der Waals surface area contributed by atoms with Crippen molar-refractivity contribution in [2.45, 2.75) is 45.1 Å². The summed E-state index contributed by atoms with van der Waals surface area (Å²) in [5.41, 5.74) is -0.651. The summed E-state index contributed by atoms with van der Waals surface area (Å²) in [4.78, 5) is 13.0. The van der Waals surface area contributed by atoms with Crippen molar-refractivity contribution in [2.24, 2.45) is 5.92 Å². The molecular formula is C12H18F2N2O2. The van der Waals surface area contributed by atoms with E-state index in [1.54, 1.807) is 20.8 Å².